The molecule has 0 unspecified atom stereocenters. The van der Waals surface area contributed by atoms with Gasteiger partial charge in [-0.1, -0.05) is 0 Å². The fourth-order valence-electron chi connectivity index (χ4n) is 2.04. The summed E-state index contributed by atoms with van der Waals surface area (Å²) in [5, 5.41) is 5.73. The van der Waals surface area contributed by atoms with Crippen LogP contribution in [-0.4, -0.2) is 14.2 Å². The molecule has 2 aromatic carbocycles. The summed E-state index contributed by atoms with van der Waals surface area (Å²) in [4.78, 5) is 0. The minimum Gasteiger partial charge on any atom is -0.493 e. The Balaban J connectivity index is 2.36. The highest BCUT2D eigenvalue weighted by atomic mass is 32.1. The number of rotatable bonds is 2. The molecule has 3 aromatic rings. The molecule has 0 aliphatic heterocycles. The molecular formula is C14H12O2S. The van der Waals surface area contributed by atoms with Crippen LogP contribution in [0, 0.1) is 0 Å². The molecule has 0 radical (unpaired) electrons. The Hall–Kier alpha value is -1.74. The molecule has 0 spiro atoms. The summed E-state index contributed by atoms with van der Waals surface area (Å²) in [6.45, 7) is 0. The van der Waals surface area contributed by atoms with Crippen LogP contribution in [0.3, 0.4) is 0 Å². The summed E-state index contributed by atoms with van der Waals surface area (Å²) < 4.78 is 11.9. The Bertz CT molecular complexity index is 628. The summed E-state index contributed by atoms with van der Waals surface area (Å²) in [5.74, 6) is 1.55. The van der Waals surface area contributed by atoms with Crippen LogP contribution in [0.5, 0.6) is 11.5 Å². The summed E-state index contributed by atoms with van der Waals surface area (Å²) in [6.07, 6.45) is 0. The van der Waals surface area contributed by atoms with Crippen molar-refractivity contribution < 1.29 is 9.47 Å². The predicted molar refractivity (Wildman–Crippen MR) is 72.4 cm³/mol. The molecule has 3 rings (SSSR count). The third kappa shape index (κ3) is 1.63. The highest BCUT2D eigenvalue weighted by Gasteiger charge is 2.07. The second kappa shape index (κ2) is 3.93. The van der Waals surface area contributed by atoms with Gasteiger partial charge in [-0.05, 0) is 51.9 Å². The Morgan fingerprint density at radius 2 is 1.47 bits per heavy atom. The zero-order valence-corrected chi connectivity index (χ0v) is 10.5. The zero-order valence-electron chi connectivity index (χ0n) is 9.69. The van der Waals surface area contributed by atoms with Crippen molar-refractivity contribution in [3.8, 4) is 11.5 Å². The highest BCUT2D eigenvalue weighted by molar-refractivity contribution is 7.17. The lowest BCUT2D eigenvalue weighted by Gasteiger charge is -2.09. The standard InChI is InChI=1S/C14H12O2S/c1-15-12-6-10-5-9-3-4-17-14(9)8-11(10)7-13(12)16-2/h3-8H,1-2H3. The molecule has 0 bridgehead atoms. The van der Waals surface area contributed by atoms with Gasteiger partial charge in [0.2, 0.25) is 0 Å². The Morgan fingerprint density at radius 1 is 0.824 bits per heavy atom. The molecule has 0 saturated carbocycles. The van der Waals surface area contributed by atoms with Crippen molar-refractivity contribution in [1.29, 1.82) is 0 Å². The van der Waals surface area contributed by atoms with E-state index in [4.69, 9.17) is 9.47 Å². The maximum atomic E-state index is 5.32. The zero-order chi connectivity index (χ0) is 11.8. The van der Waals surface area contributed by atoms with Gasteiger partial charge in [0.1, 0.15) is 0 Å². The number of hydrogen-bond acceptors (Lipinski definition) is 3. The smallest absolute Gasteiger partial charge is 0.161 e. The monoisotopic (exact) mass is 244 g/mol. The molecule has 86 valence electrons. The molecule has 0 fully saturated rings. The number of fused-ring (bicyclic) bond motifs is 2. The van der Waals surface area contributed by atoms with E-state index in [0.29, 0.717) is 0 Å². The SMILES string of the molecule is COc1cc2cc3ccsc3cc2cc1OC. The first-order valence-electron chi connectivity index (χ1n) is 5.35. The van der Waals surface area contributed by atoms with Gasteiger partial charge in [-0.2, -0.15) is 0 Å². The van der Waals surface area contributed by atoms with Crippen molar-refractivity contribution in [2.45, 2.75) is 0 Å². The van der Waals surface area contributed by atoms with E-state index in [1.54, 1.807) is 25.6 Å². The molecular weight excluding hydrogens is 232 g/mol. The lowest BCUT2D eigenvalue weighted by atomic mass is 10.1. The van der Waals surface area contributed by atoms with Crippen molar-refractivity contribution in [2.24, 2.45) is 0 Å². The van der Waals surface area contributed by atoms with Crippen molar-refractivity contribution in [1.82, 2.24) is 0 Å². The van der Waals surface area contributed by atoms with Crippen LogP contribution in [0.1, 0.15) is 0 Å². The molecule has 0 N–H and O–H groups in total. The third-order valence-electron chi connectivity index (χ3n) is 2.91. The molecule has 3 heteroatoms. The molecule has 0 aliphatic carbocycles. The first-order valence-corrected chi connectivity index (χ1v) is 6.23. The minimum absolute atomic E-state index is 0.773. The van der Waals surface area contributed by atoms with Crippen LogP contribution in [0.2, 0.25) is 0 Å². The molecule has 1 aromatic heterocycles. The molecule has 0 saturated heterocycles. The van der Waals surface area contributed by atoms with Crippen molar-refractivity contribution in [2.75, 3.05) is 14.2 Å². The number of methoxy groups -OCH3 is 2. The van der Waals surface area contributed by atoms with Crippen LogP contribution in [0.25, 0.3) is 20.9 Å². The maximum absolute atomic E-state index is 5.32. The van der Waals surface area contributed by atoms with Gasteiger partial charge >= 0.3 is 0 Å². The molecule has 0 aliphatic rings. The van der Waals surface area contributed by atoms with E-state index < -0.39 is 0 Å². The van der Waals surface area contributed by atoms with Gasteiger partial charge in [0.15, 0.2) is 11.5 Å². The van der Waals surface area contributed by atoms with Crippen LogP contribution >= 0.6 is 11.3 Å². The lowest BCUT2D eigenvalue weighted by Crippen LogP contribution is -1.90. The summed E-state index contributed by atoms with van der Waals surface area (Å²) in [6, 6.07) is 10.6. The van der Waals surface area contributed by atoms with Gasteiger partial charge in [0.05, 0.1) is 14.2 Å². The van der Waals surface area contributed by atoms with Crippen molar-refractivity contribution in [3.05, 3.63) is 35.7 Å². The minimum atomic E-state index is 0.773. The molecule has 0 amide bonds. The van der Waals surface area contributed by atoms with E-state index in [1.807, 2.05) is 12.1 Å². The maximum Gasteiger partial charge on any atom is 0.161 e. The molecule has 0 atom stereocenters. The van der Waals surface area contributed by atoms with Crippen molar-refractivity contribution in [3.63, 3.8) is 0 Å². The van der Waals surface area contributed by atoms with Gasteiger partial charge in [0, 0.05) is 4.70 Å². The largest absolute Gasteiger partial charge is 0.493 e. The Morgan fingerprint density at radius 3 is 2.12 bits per heavy atom. The molecule has 1 heterocycles. The first kappa shape index (κ1) is 10.4. The fraction of sp³-hybridized carbons (Fsp3) is 0.143. The van der Waals surface area contributed by atoms with E-state index in [1.165, 1.54) is 20.9 Å². The van der Waals surface area contributed by atoms with Crippen LogP contribution in [-0.2, 0) is 0 Å². The average Bonchev–Trinajstić information content (AvgIpc) is 2.81. The number of ether oxygens (including phenoxy) is 2. The van der Waals surface area contributed by atoms with Gasteiger partial charge < -0.3 is 9.47 Å². The number of benzene rings is 2. The Kier molecular flexibility index (Phi) is 2.41. The summed E-state index contributed by atoms with van der Waals surface area (Å²) in [5.41, 5.74) is 0. The van der Waals surface area contributed by atoms with Crippen LogP contribution in [0.15, 0.2) is 35.7 Å². The van der Waals surface area contributed by atoms with Gasteiger partial charge in [-0.3, -0.25) is 0 Å². The van der Waals surface area contributed by atoms with E-state index in [2.05, 4.69) is 23.6 Å². The fourth-order valence-corrected chi connectivity index (χ4v) is 2.86. The van der Waals surface area contributed by atoms with Gasteiger partial charge in [-0.15, -0.1) is 11.3 Å². The quantitative estimate of drug-likeness (QED) is 0.676. The van der Waals surface area contributed by atoms with E-state index >= 15 is 0 Å². The van der Waals surface area contributed by atoms with Gasteiger partial charge in [0.25, 0.3) is 0 Å². The average molecular weight is 244 g/mol. The molecule has 2 nitrogen and oxygen atoms in total. The van der Waals surface area contributed by atoms with Gasteiger partial charge in [-0.25, -0.2) is 0 Å². The van der Waals surface area contributed by atoms with Crippen LogP contribution in [0.4, 0.5) is 0 Å². The molecule has 17 heavy (non-hydrogen) atoms. The summed E-state index contributed by atoms with van der Waals surface area (Å²) in [7, 11) is 3.32. The second-order valence-electron chi connectivity index (χ2n) is 3.86. The normalized spacial score (nSPS) is 10.9. The number of hydrogen-bond donors (Lipinski definition) is 0. The van der Waals surface area contributed by atoms with E-state index in [9.17, 15) is 0 Å². The topological polar surface area (TPSA) is 18.5 Å². The number of thiophene rings is 1. The third-order valence-corrected chi connectivity index (χ3v) is 3.79. The van der Waals surface area contributed by atoms with Crippen LogP contribution < -0.4 is 9.47 Å². The Labute approximate surface area is 103 Å². The highest BCUT2D eigenvalue weighted by Crippen LogP contribution is 2.35. The second-order valence-corrected chi connectivity index (χ2v) is 4.81. The predicted octanol–water partition coefficient (Wildman–Crippen LogP) is 4.07. The van der Waals surface area contributed by atoms with E-state index in [-0.39, 0.29) is 0 Å². The first-order chi connectivity index (χ1) is 8.31. The summed E-state index contributed by atoms with van der Waals surface area (Å²) >= 11 is 1.75. The van der Waals surface area contributed by atoms with E-state index in [0.717, 1.165) is 11.5 Å². The lowest BCUT2D eigenvalue weighted by molar-refractivity contribution is 0.356. The van der Waals surface area contributed by atoms with Crippen molar-refractivity contribution >= 4 is 32.2 Å².